The van der Waals surface area contributed by atoms with Crippen molar-refractivity contribution in [1.29, 1.82) is 0 Å². The molecule has 0 rings (SSSR count). The van der Waals surface area contributed by atoms with Gasteiger partial charge in [-0.25, -0.2) is 0 Å². The van der Waals surface area contributed by atoms with Gasteiger partial charge >= 0.3 is 0 Å². The second kappa shape index (κ2) is 5.15. The Kier molecular flexibility index (Phi) is 8.13. The number of hydrogen-bond donors (Lipinski definition) is 2. The van der Waals surface area contributed by atoms with E-state index in [0.29, 0.717) is 6.16 Å². The molecule has 40 valence electrons. The van der Waals surface area contributed by atoms with Crippen LogP contribution in [0.5, 0.6) is 0 Å². The van der Waals surface area contributed by atoms with Gasteiger partial charge in [-0.3, -0.25) is 4.57 Å². The van der Waals surface area contributed by atoms with Crippen LogP contribution in [0, 0.1) is 0 Å². The first-order chi connectivity index (χ1) is 2.27. The van der Waals surface area contributed by atoms with Gasteiger partial charge in [-0.15, -0.1) is 0 Å². The third kappa shape index (κ3) is 8.91. The molecule has 0 aromatic heterocycles. The van der Waals surface area contributed by atoms with Crippen LogP contribution < -0.4 is 6.15 Å². The first-order valence-corrected chi connectivity index (χ1v) is 3.05. The highest BCUT2D eigenvalue weighted by Crippen LogP contribution is 2.08. The van der Waals surface area contributed by atoms with Gasteiger partial charge in [-0.2, -0.15) is 0 Å². The monoisotopic (exact) mass is 111 g/mol. The van der Waals surface area contributed by atoms with Crippen LogP contribution in [-0.2, 0) is 4.57 Å². The average molecular weight is 111 g/mol. The first kappa shape index (κ1) is 9.47. The molecular weight excluding hydrogens is 101 g/mol. The summed E-state index contributed by atoms with van der Waals surface area (Å²) in [7, 11) is -2.12. The van der Waals surface area contributed by atoms with E-state index in [0.717, 1.165) is 0 Å². The Labute approximate surface area is 37.8 Å². The Morgan fingerprint density at radius 2 is 2.00 bits per heavy atom. The van der Waals surface area contributed by atoms with Crippen LogP contribution in [0.1, 0.15) is 6.92 Å². The van der Waals surface area contributed by atoms with E-state index in [9.17, 15) is 4.57 Å². The van der Waals surface area contributed by atoms with Gasteiger partial charge in [0.2, 0.25) is 0 Å². The van der Waals surface area contributed by atoms with Gasteiger partial charge in [0.05, 0.1) is 0 Å². The van der Waals surface area contributed by atoms with Crippen molar-refractivity contribution in [3.05, 3.63) is 0 Å². The van der Waals surface area contributed by atoms with Gasteiger partial charge in [0.15, 0.2) is 8.03 Å². The van der Waals surface area contributed by atoms with Crippen LogP contribution in [0.15, 0.2) is 0 Å². The van der Waals surface area contributed by atoms with E-state index >= 15 is 0 Å². The lowest BCUT2D eigenvalue weighted by molar-refractivity contribution is 0.504. The molecule has 4 heteroatoms. The molecule has 0 saturated heterocycles. The van der Waals surface area contributed by atoms with E-state index in [2.05, 4.69) is 0 Å². The average Bonchev–Trinajstić information content (AvgIpc) is 1.38. The lowest BCUT2D eigenvalue weighted by Gasteiger charge is -1.74. The van der Waals surface area contributed by atoms with Crippen LogP contribution in [0.4, 0.5) is 0 Å². The minimum atomic E-state index is -2.12. The maximum absolute atomic E-state index is 9.55. The Morgan fingerprint density at radius 3 is 2.00 bits per heavy atom. The molecule has 1 unspecified atom stereocenters. The lowest BCUT2D eigenvalue weighted by atomic mass is 11.0. The van der Waals surface area contributed by atoms with E-state index in [1.807, 2.05) is 0 Å². The van der Waals surface area contributed by atoms with E-state index in [1.165, 1.54) is 0 Å². The van der Waals surface area contributed by atoms with E-state index < -0.39 is 8.03 Å². The quantitative estimate of drug-likeness (QED) is 0.487. The highest BCUT2D eigenvalue weighted by Gasteiger charge is 1.76. The van der Waals surface area contributed by atoms with Crippen molar-refractivity contribution >= 4 is 8.03 Å². The summed E-state index contributed by atoms with van der Waals surface area (Å²) in [5.41, 5.74) is 0. The van der Waals surface area contributed by atoms with Crippen LogP contribution >= 0.6 is 8.03 Å². The summed E-state index contributed by atoms with van der Waals surface area (Å²) in [6.45, 7) is 1.68. The largest absolute Gasteiger partial charge is 0.346 e. The molecule has 0 spiro atoms. The van der Waals surface area contributed by atoms with Crippen LogP contribution in [-0.4, -0.2) is 11.1 Å². The topological polar surface area (TPSA) is 72.3 Å². The molecule has 0 aromatic carbocycles. The summed E-state index contributed by atoms with van der Waals surface area (Å²) in [5.74, 6) is 0. The van der Waals surface area contributed by atoms with E-state index in [4.69, 9.17) is 4.89 Å². The molecule has 0 saturated carbocycles. The summed E-state index contributed by atoms with van der Waals surface area (Å²) < 4.78 is 9.55. The normalized spacial score (nSPS) is 12.3. The minimum Gasteiger partial charge on any atom is -0.346 e. The Bertz CT molecular complexity index is 46.8. The Balaban J connectivity index is 0. The van der Waals surface area contributed by atoms with Gasteiger partial charge in [-0.05, 0) is 0 Å². The molecule has 0 aliphatic rings. The van der Waals surface area contributed by atoms with Gasteiger partial charge in [-0.1, -0.05) is 6.92 Å². The zero-order chi connectivity index (χ0) is 4.28. The Hall–Kier alpha value is 0.150. The molecule has 0 fully saturated rings. The SMILES string of the molecule is CC[PH](=O)O.N. The van der Waals surface area contributed by atoms with Crippen molar-refractivity contribution < 1.29 is 9.46 Å². The van der Waals surface area contributed by atoms with Gasteiger partial charge in [0, 0.05) is 6.16 Å². The molecular formula is C2H10NO2P. The second-order valence-corrected chi connectivity index (χ2v) is 2.24. The van der Waals surface area contributed by atoms with Crippen molar-refractivity contribution in [1.82, 2.24) is 6.15 Å². The lowest BCUT2D eigenvalue weighted by Crippen LogP contribution is -1.56. The predicted octanol–water partition coefficient (Wildman–Crippen LogP) is 0.635. The summed E-state index contributed by atoms with van der Waals surface area (Å²) in [6, 6.07) is 0. The fraction of sp³-hybridized carbons (Fsp3) is 1.00. The maximum Gasteiger partial charge on any atom is 0.188 e. The maximum atomic E-state index is 9.55. The molecule has 0 aliphatic carbocycles. The highest BCUT2D eigenvalue weighted by atomic mass is 31.1. The summed E-state index contributed by atoms with van der Waals surface area (Å²) in [4.78, 5) is 7.91. The zero-order valence-electron chi connectivity index (χ0n) is 3.77. The molecule has 0 heterocycles. The molecule has 0 radical (unpaired) electrons. The van der Waals surface area contributed by atoms with Gasteiger partial charge < -0.3 is 11.0 Å². The van der Waals surface area contributed by atoms with Crippen LogP contribution in [0.25, 0.3) is 0 Å². The molecule has 3 nitrogen and oxygen atoms in total. The predicted molar refractivity (Wildman–Crippen MR) is 26.8 cm³/mol. The van der Waals surface area contributed by atoms with E-state index in [1.54, 1.807) is 6.92 Å². The van der Waals surface area contributed by atoms with Gasteiger partial charge in [0.1, 0.15) is 0 Å². The third-order valence-electron chi connectivity index (χ3n) is 0.302. The smallest absolute Gasteiger partial charge is 0.188 e. The molecule has 4 N–H and O–H groups in total. The van der Waals surface area contributed by atoms with Crippen molar-refractivity contribution in [2.24, 2.45) is 0 Å². The summed E-state index contributed by atoms with van der Waals surface area (Å²) in [5, 5.41) is 0. The molecule has 0 bridgehead atoms. The molecule has 0 aliphatic heterocycles. The summed E-state index contributed by atoms with van der Waals surface area (Å²) >= 11 is 0. The third-order valence-corrected chi connectivity index (χ3v) is 0.907. The summed E-state index contributed by atoms with van der Waals surface area (Å²) in [6.07, 6.45) is 0.407. The fourth-order valence-corrected chi connectivity index (χ4v) is 0. The molecule has 1 atom stereocenters. The fourth-order valence-electron chi connectivity index (χ4n) is 0. The molecule has 0 amide bonds. The second-order valence-electron chi connectivity index (χ2n) is 0.747. The van der Waals surface area contributed by atoms with Gasteiger partial charge in [0.25, 0.3) is 0 Å². The van der Waals surface area contributed by atoms with E-state index in [-0.39, 0.29) is 6.15 Å². The van der Waals surface area contributed by atoms with Crippen LogP contribution in [0.2, 0.25) is 0 Å². The number of rotatable bonds is 1. The van der Waals surface area contributed by atoms with Crippen molar-refractivity contribution in [2.45, 2.75) is 6.92 Å². The van der Waals surface area contributed by atoms with Crippen molar-refractivity contribution in [2.75, 3.05) is 6.16 Å². The number of hydrogen-bond acceptors (Lipinski definition) is 2. The Morgan fingerprint density at radius 1 is 1.83 bits per heavy atom. The first-order valence-electron chi connectivity index (χ1n) is 1.49. The van der Waals surface area contributed by atoms with Crippen LogP contribution in [0.3, 0.4) is 0 Å². The van der Waals surface area contributed by atoms with Crippen molar-refractivity contribution in [3.8, 4) is 0 Å². The van der Waals surface area contributed by atoms with Crippen molar-refractivity contribution in [3.63, 3.8) is 0 Å². The highest BCUT2D eigenvalue weighted by molar-refractivity contribution is 7.37. The standard InChI is InChI=1S/C2H7O2P.H3N/c1-2-5(3)4;/h5H,2H2,1H3,(H,3,4);1H3. The zero-order valence-corrected chi connectivity index (χ0v) is 4.77. The molecule has 0 aromatic rings. The minimum absolute atomic E-state index is 0. The molecule has 6 heavy (non-hydrogen) atoms.